The molecular weight excluding hydrogens is 273 g/mol. The second kappa shape index (κ2) is 7.14. The SMILES string of the molecule is CNC(C)CNC(=O)COc1cccc(C(F)(F)F)c1. The summed E-state index contributed by atoms with van der Waals surface area (Å²) in [5, 5.41) is 5.54. The van der Waals surface area contributed by atoms with Gasteiger partial charge in [-0.05, 0) is 32.2 Å². The van der Waals surface area contributed by atoms with E-state index >= 15 is 0 Å². The summed E-state index contributed by atoms with van der Waals surface area (Å²) >= 11 is 0. The van der Waals surface area contributed by atoms with E-state index in [1.165, 1.54) is 12.1 Å². The number of hydrogen-bond donors (Lipinski definition) is 2. The molecule has 20 heavy (non-hydrogen) atoms. The monoisotopic (exact) mass is 290 g/mol. The fourth-order valence-corrected chi connectivity index (χ4v) is 1.33. The van der Waals surface area contributed by atoms with E-state index in [0.29, 0.717) is 6.54 Å². The summed E-state index contributed by atoms with van der Waals surface area (Å²) in [7, 11) is 1.76. The lowest BCUT2D eigenvalue weighted by atomic mass is 10.2. The molecule has 0 spiro atoms. The van der Waals surface area contributed by atoms with Crippen LogP contribution >= 0.6 is 0 Å². The lowest BCUT2D eigenvalue weighted by molar-refractivity contribution is -0.137. The van der Waals surface area contributed by atoms with Gasteiger partial charge >= 0.3 is 6.18 Å². The van der Waals surface area contributed by atoms with Crippen LogP contribution < -0.4 is 15.4 Å². The number of rotatable bonds is 6. The highest BCUT2D eigenvalue weighted by Crippen LogP contribution is 2.31. The summed E-state index contributed by atoms with van der Waals surface area (Å²) in [6.45, 7) is 1.98. The Labute approximate surface area is 115 Å². The summed E-state index contributed by atoms with van der Waals surface area (Å²) in [5.74, 6) is -0.374. The van der Waals surface area contributed by atoms with Gasteiger partial charge in [0.2, 0.25) is 0 Å². The Bertz CT molecular complexity index is 449. The van der Waals surface area contributed by atoms with Gasteiger partial charge in [-0.15, -0.1) is 0 Å². The van der Waals surface area contributed by atoms with Crippen molar-refractivity contribution >= 4 is 5.91 Å². The standard InChI is InChI=1S/C13H17F3N2O2/c1-9(17-2)7-18-12(19)8-20-11-5-3-4-10(6-11)13(14,15)16/h3-6,9,17H,7-8H2,1-2H3,(H,18,19). The molecule has 2 N–H and O–H groups in total. The van der Waals surface area contributed by atoms with Crippen LogP contribution in [0.5, 0.6) is 5.75 Å². The predicted octanol–water partition coefficient (Wildman–Crippen LogP) is 1.81. The van der Waals surface area contributed by atoms with Crippen LogP contribution in [0.15, 0.2) is 24.3 Å². The smallest absolute Gasteiger partial charge is 0.416 e. The van der Waals surface area contributed by atoms with Gasteiger partial charge in [-0.1, -0.05) is 6.07 Å². The van der Waals surface area contributed by atoms with E-state index in [2.05, 4.69) is 10.6 Å². The number of likely N-dealkylation sites (N-methyl/N-ethyl adjacent to an activating group) is 1. The summed E-state index contributed by atoms with van der Waals surface area (Å²) in [6.07, 6.45) is -4.43. The highest BCUT2D eigenvalue weighted by molar-refractivity contribution is 5.77. The average molecular weight is 290 g/mol. The number of hydrogen-bond acceptors (Lipinski definition) is 3. The van der Waals surface area contributed by atoms with Crippen molar-refractivity contribution in [3.8, 4) is 5.75 Å². The van der Waals surface area contributed by atoms with Crippen LogP contribution in [0.2, 0.25) is 0 Å². The van der Waals surface area contributed by atoms with Crippen LogP contribution in [-0.2, 0) is 11.0 Å². The summed E-state index contributed by atoms with van der Waals surface area (Å²) < 4.78 is 42.5. The lowest BCUT2D eigenvalue weighted by Crippen LogP contribution is -2.39. The fraction of sp³-hybridized carbons (Fsp3) is 0.462. The van der Waals surface area contributed by atoms with Gasteiger partial charge in [0.1, 0.15) is 5.75 Å². The molecule has 0 aliphatic carbocycles. The van der Waals surface area contributed by atoms with Gasteiger partial charge in [0.25, 0.3) is 5.91 Å². The number of alkyl halides is 3. The zero-order chi connectivity index (χ0) is 15.2. The molecule has 0 radical (unpaired) electrons. The summed E-state index contributed by atoms with van der Waals surface area (Å²) in [4.78, 5) is 11.4. The number of ether oxygens (including phenoxy) is 1. The third-order valence-electron chi connectivity index (χ3n) is 2.63. The Kier molecular flexibility index (Phi) is 5.82. The number of amides is 1. The maximum Gasteiger partial charge on any atom is 0.416 e. The maximum absolute atomic E-state index is 12.5. The van der Waals surface area contributed by atoms with Crippen molar-refractivity contribution in [2.24, 2.45) is 0 Å². The van der Waals surface area contributed by atoms with Gasteiger partial charge in [0, 0.05) is 12.6 Å². The van der Waals surface area contributed by atoms with Gasteiger partial charge in [-0.3, -0.25) is 4.79 Å². The van der Waals surface area contributed by atoms with Crippen molar-refractivity contribution in [2.75, 3.05) is 20.2 Å². The minimum Gasteiger partial charge on any atom is -0.484 e. The number of benzene rings is 1. The van der Waals surface area contributed by atoms with E-state index in [0.717, 1.165) is 12.1 Å². The van der Waals surface area contributed by atoms with Crippen LogP contribution in [0.25, 0.3) is 0 Å². The highest BCUT2D eigenvalue weighted by atomic mass is 19.4. The summed E-state index contributed by atoms with van der Waals surface area (Å²) in [6, 6.07) is 4.52. The molecular formula is C13H17F3N2O2. The molecule has 0 saturated carbocycles. The Morgan fingerprint density at radius 3 is 2.70 bits per heavy atom. The van der Waals surface area contributed by atoms with E-state index in [-0.39, 0.29) is 24.3 Å². The molecule has 4 nitrogen and oxygen atoms in total. The Hall–Kier alpha value is -1.76. The summed E-state index contributed by atoms with van der Waals surface area (Å²) in [5.41, 5.74) is -0.806. The molecule has 0 bridgehead atoms. The molecule has 0 aliphatic heterocycles. The Morgan fingerprint density at radius 2 is 2.10 bits per heavy atom. The van der Waals surface area contributed by atoms with E-state index in [9.17, 15) is 18.0 Å². The van der Waals surface area contributed by atoms with Crippen molar-refractivity contribution in [1.82, 2.24) is 10.6 Å². The molecule has 7 heteroatoms. The van der Waals surface area contributed by atoms with Crippen molar-refractivity contribution in [1.29, 1.82) is 0 Å². The predicted molar refractivity (Wildman–Crippen MR) is 68.5 cm³/mol. The van der Waals surface area contributed by atoms with E-state index < -0.39 is 11.7 Å². The molecule has 1 amide bonds. The van der Waals surface area contributed by atoms with Gasteiger partial charge < -0.3 is 15.4 Å². The normalized spacial score (nSPS) is 12.8. The molecule has 0 saturated heterocycles. The van der Waals surface area contributed by atoms with Gasteiger partial charge in [0.15, 0.2) is 6.61 Å². The zero-order valence-corrected chi connectivity index (χ0v) is 11.3. The highest BCUT2D eigenvalue weighted by Gasteiger charge is 2.30. The maximum atomic E-state index is 12.5. The minimum atomic E-state index is -4.43. The zero-order valence-electron chi connectivity index (χ0n) is 11.3. The van der Waals surface area contributed by atoms with Crippen molar-refractivity contribution < 1.29 is 22.7 Å². The molecule has 0 heterocycles. The third kappa shape index (κ3) is 5.48. The number of carbonyl (C=O) groups excluding carboxylic acids is 1. The van der Waals surface area contributed by atoms with E-state index in [4.69, 9.17) is 4.74 Å². The third-order valence-corrected chi connectivity index (χ3v) is 2.63. The van der Waals surface area contributed by atoms with Gasteiger partial charge in [-0.2, -0.15) is 13.2 Å². The molecule has 1 atom stereocenters. The van der Waals surface area contributed by atoms with Crippen LogP contribution in [-0.4, -0.2) is 32.1 Å². The number of halogens is 3. The average Bonchev–Trinajstić information content (AvgIpc) is 2.41. The van der Waals surface area contributed by atoms with Crippen LogP contribution in [0.4, 0.5) is 13.2 Å². The lowest BCUT2D eigenvalue weighted by Gasteiger charge is -2.12. The molecule has 1 aromatic carbocycles. The quantitative estimate of drug-likeness (QED) is 0.840. The first kappa shape index (κ1) is 16.3. The van der Waals surface area contributed by atoms with Gasteiger partial charge in [0.05, 0.1) is 5.56 Å². The Morgan fingerprint density at radius 1 is 1.40 bits per heavy atom. The topological polar surface area (TPSA) is 50.4 Å². The molecule has 0 aromatic heterocycles. The first-order valence-electron chi connectivity index (χ1n) is 6.07. The van der Waals surface area contributed by atoms with Crippen molar-refractivity contribution in [2.45, 2.75) is 19.1 Å². The van der Waals surface area contributed by atoms with Gasteiger partial charge in [-0.25, -0.2) is 0 Å². The van der Waals surface area contributed by atoms with Crippen LogP contribution in [0.3, 0.4) is 0 Å². The van der Waals surface area contributed by atoms with Crippen LogP contribution in [0, 0.1) is 0 Å². The second-order valence-electron chi connectivity index (χ2n) is 4.31. The largest absolute Gasteiger partial charge is 0.484 e. The molecule has 1 unspecified atom stereocenters. The van der Waals surface area contributed by atoms with Crippen molar-refractivity contribution in [3.05, 3.63) is 29.8 Å². The molecule has 112 valence electrons. The van der Waals surface area contributed by atoms with Crippen LogP contribution in [0.1, 0.15) is 12.5 Å². The van der Waals surface area contributed by atoms with E-state index in [1.807, 2.05) is 6.92 Å². The van der Waals surface area contributed by atoms with Crippen molar-refractivity contribution in [3.63, 3.8) is 0 Å². The second-order valence-corrected chi connectivity index (χ2v) is 4.31. The minimum absolute atomic E-state index is 0.0108. The van der Waals surface area contributed by atoms with E-state index in [1.54, 1.807) is 7.05 Å². The molecule has 0 aliphatic rings. The molecule has 1 rings (SSSR count). The Balaban J connectivity index is 2.48. The first-order chi connectivity index (χ1) is 9.32. The number of nitrogens with one attached hydrogen (secondary N) is 2. The molecule has 1 aromatic rings. The molecule has 0 fully saturated rings. The fourth-order valence-electron chi connectivity index (χ4n) is 1.33. The first-order valence-corrected chi connectivity index (χ1v) is 6.07. The number of carbonyl (C=O) groups is 1.